The lowest BCUT2D eigenvalue weighted by atomic mass is 10.0. The highest BCUT2D eigenvalue weighted by atomic mass is 16.5. The first-order valence-electron chi connectivity index (χ1n) is 10.0. The summed E-state index contributed by atoms with van der Waals surface area (Å²) in [7, 11) is 3.35. The molecular weight excluding hydrogens is 424 g/mol. The Kier molecular flexibility index (Phi) is 9.51. The number of carboxylic acids is 1. The van der Waals surface area contributed by atoms with E-state index < -0.39 is 5.97 Å². The van der Waals surface area contributed by atoms with Crippen LogP contribution >= 0.6 is 0 Å². The second-order valence-electron chi connectivity index (χ2n) is 6.90. The Morgan fingerprint density at radius 2 is 1.88 bits per heavy atom. The fraction of sp³-hybridized carbons (Fsp3) is 0.208. The van der Waals surface area contributed by atoms with Crippen molar-refractivity contribution in [3.8, 4) is 5.75 Å². The lowest BCUT2D eigenvalue weighted by molar-refractivity contribution is -0.107. The maximum atomic E-state index is 12.0. The number of aldehydes is 1. The molecule has 1 amide bonds. The molecule has 0 radical (unpaired) electrons. The molecule has 172 valence electrons. The van der Waals surface area contributed by atoms with Crippen LogP contribution in [0.4, 0.5) is 5.82 Å². The highest BCUT2D eigenvalue weighted by molar-refractivity contribution is 5.92. The lowest BCUT2D eigenvalue weighted by Crippen LogP contribution is -2.24. The first-order valence-corrected chi connectivity index (χ1v) is 10.0. The molecule has 0 aliphatic heterocycles. The summed E-state index contributed by atoms with van der Waals surface area (Å²) in [5.41, 5.74) is 3.10. The number of nitrogens with zero attached hydrogens (tertiary/aromatic N) is 2. The van der Waals surface area contributed by atoms with Crippen molar-refractivity contribution in [3.63, 3.8) is 0 Å². The van der Waals surface area contributed by atoms with Crippen LogP contribution in [0.5, 0.6) is 5.75 Å². The van der Waals surface area contributed by atoms with E-state index in [1.807, 2.05) is 24.3 Å². The molecule has 0 fully saturated rings. The Labute approximate surface area is 191 Å². The van der Waals surface area contributed by atoms with Crippen molar-refractivity contribution in [2.75, 3.05) is 19.5 Å². The predicted molar refractivity (Wildman–Crippen MR) is 124 cm³/mol. The summed E-state index contributed by atoms with van der Waals surface area (Å²) >= 11 is 0. The first kappa shape index (κ1) is 25.0. The highest BCUT2D eigenvalue weighted by Crippen LogP contribution is 2.13. The number of ether oxygens (including phenoxy) is 1. The quantitative estimate of drug-likeness (QED) is 0.447. The van der Waals surface area contributed by atoms with Gasteiger partial charge in [-0.1, -0.05) is 24.3 Å². The molecule has 3 rings (SSSR count). The van der Waals surface area contributed by atoms with Crippen LogP contribution in [0.2, 0.25) is 0 Å². The lowest BCUT2D eigenvalue weighted by Gasteiger charge is -2.07. The number of nitrogens with one attached hydrogen (secondary N) is 2. The van der Waals surface area contributed by atoms with Crippen LogP contribution in [0, 0.1) is 6.92 Å². The van der Waals surface area contributed by atoms with Gasteiger partial charge in [0.15, 0.2) is 0 Å². The summed E-state index contributed by atoms with van der Waals surface area (Å²) in [6.45, 7) is 2.13. The zero-order valence-electron chi connectivity index (χ0n) is 18.7. The van der Waals surface area contributed by atoms with Gasteiger partial charge in [0, 0.05) is 26.1 Å². The van der Waals surface area contributed by atoms with E-state index in [-0.39, 0.29) is 11.5 Å². The largest absolute Gasteiger partial charge is 0.497 e. The number of carbonyl (C=O) groups is 3. The summed E-state index contributed by atoms with van der Waals surface area (Å²) in [5, 5.41) is 14.4. The van der Waals surface area contributed by atoms with Gasteiger partial charge in [0.25, 0.3) is 5.91 Å². The number of carboxylic acid groups (broad SMARTS) is 1. The van der Waals surface area contributed by atoms with Gasteiger partial charge in [-0.05, 0) is 41.8 Å². The Morgan fingerprint density at radius 3 is 2.52 bits per heavy atom. The minimum atomic E-state index is -0.935. The van der Waals surface area contributed by atoms with E-state index in [4.69, 9.17) is 9.84 Å². The van der Waals surface area contributed by atoms with E-state index in [1.165, 1.54) is 12.4 Å². The van der Waals surface area contributed by atoms with Crippen molar-refractivity contribution in [1.29, 1.82) is 0 Å². The van der Waals surface area contributed by atoms with Crippen LogP contribution in [-0.4, -0.2) is 47.4 Å². The maximum Gasteiger partial charge on any atom is 0.335 e. The van der Waals surface area contributed by atoms with Crippen molar-refractivity contribution in [2.24, 2.45) is 0 Å². The number of hydrogen-bond acceptors (Lipinski definition) is 7. The number of aryl methyl sites for hydroxylation is 1. The number of methoxy groups -OCH3 is 1. The zero-order chi connectivity index (χ0) is 24.2. The van der Waals surface area contributed by atoms with Crippen LogP contribution in [0.25, 0.3) is 0 Å². The average molecular weight is 450 g/mol. The summed E-state index contributed by atoms with van der Waals surface area (Å²) in [6, 6.07) is 14.0. The number of aromatic carboxylic acids is 1. The molecule has 1 heterocycles. The second-order valence-corrected chi connectivity index (χ2v) is 6.90. The van der Waals surface area contributed by atoms with E-state index in [9.17, 15) is 14.4 Å². The highest BCUT2D eigenvalue weighted by Gasteiger charge is 2.08. The second kappa shape index (κ2) is 12.6. The molecule has 0 saturated heterocycles. The van der Waals surface area contributed by atoms with Gasteiger partial charge in [-0.15, -0.1) is 0 Å². The third-order valence-corrected chi connectivity index (χ3v) is 4.58. The van der Waals surface area contributed by atoms with Gasteiger partial charge in [-0.3, -0.25) is 4.79 Å². The molecule has 9 heteroatoms. The molecule has 3 N–H and O–H groups in total. The number of anilines is 1. The molecular formula is C24H26N4O5. The summed E-state index contributed by atoms with van der Waals surface area (Å²) < 4.78 is 5.13. The van der Waals surface area contributed by atoms with Gasteiger partial charge in [-0.2, -0.15) is 0 Å². The summed E-state index contributed by atoms with van der Waals surface area (Å²) in [4.78, 5) is 40.7. The SMILES string of the molecule is CNc1cc(C(=O)NCc2cccc(OC)c2)ncn1.Cc1cc(CC=O)ccc1C(=O)O. The molecule has 0 saturated carbocycles. The van der Waals surface area contributed by atoms with Crippen molar-refractivity contribution in [2.45, 2.75) is 19.9 Å². The molecule has 0 unspecified atom stereocenters. The topological polar surface area (TPSA) is 131 Å². The number of benzene rings is 2. The molecule has 0 aliphatic carbocycles. The fourth-order valence-corrected chi connectivity index (χ4v) is 2.86. The molecule has 2 aromatic carbocycles. The van der Waals surface area contributed by atoms with E-state index in [0.29, 0.717) is 30.0 Å². The molecule has 0 atom stereocenters. The van der Waals surface area contributed by atoms with Crippen LogP contribution in [0.3, 0.4) is 0 Å². The fourth-order valence-electron chi connectivity index (χ4n) is 2.86. The van der Waals surface area contributed by atoms with Gasteiger partial charge < -0.3 is 25.3 Å². The van der Waals surface area contributed by atoms with Crippen molar-refractivity contribution in [3.05, 3.63) is 82.8 Å². The minimum Gasteiger partial charge on any atom is -0.497 e. The Bertz CT molecular complexity index is 1120. The van der Waals surface area contributed by atoms with Crippen LogP contribution in [-0.2, 0) is 17.8 Å². The van der Waals surface area contributed by atoms with Crippen LogP contribution in [0.1, 0.15) is 37.5 Å². The number of carbonyl (C=O) groups excluding carboxylic acids is 2. The first-order chi connectivity index (χ1) is 15.9. The third-order valence-electron chi connectivity index (χ3n) is 4.58. The van der Waals surface area contributed by atoms with Gasteiger partial charge >= 0.3 is 5.97 Å². The van der Waals surface area contributed by atoms with Crippen molar-refractivity contribution < 1.29 is 24.2 Å². The minimum absolute atomic E-state index is 0.244. The molecule has 0 aliphatic rings. The molecule has 1 aromatic heterocycles. The van der Waals surface area contributed by atoms with Crippen molar-refractivity contribution in [1.82, 2.24) is 15.3 Å². The molecule has 33 heavy (non-hydrogen) atoms. The number of amides is 1. The Morgan fingerprint density at radius 1 is 1.09 bits per heavy atom. The van der Waals surface area contributed by atoms with Crippen molar-refractivity contribution >= 4 is 24.0 Å². The third kappa shape index (κ3) is 7.73. The molecule has 3 aromatic rings. The van der Waals surface area contributed by atoms with Gasteiger partial charge in [0.1, 0.15) is 29.9 Å². The average Bonchev–Trinajstić information content (AvgIpc) is 2.83. The zero-order valence-corrected chi connectivity index (χ0v) is 18.7. The van der Waals surface area contributed by atoms with Crippen LogP contribution < -0.4 is 15.4 Å². The normalized spacial score (nSPS) is 9.79. The van der Waals surface area contributed by atoms with Gasteiger partial charge in [-0.25, -0.2) is 14.8 Å². The Hall–Kier alpha value is -4.27. The molecule has 0 spiro atoms. The van der Waals surface area contributed by atoms with E-state index in [2.05, 4.69) is 20.6 Å². The van der Waals surface area contributed by atoms with E-state index >= 15 is 0 Å². The summed E-state index contributed by atoms with van der Waals surface area (Å²) in [6.07, 6.45) is 2.49. The molecule has 9 nitrogen and oxygen atoms in total. The van der Waals surface area contributed by atoms with Gasteiger partial charge in [0.2, 0.25) is 0 Å². The maximum absolute atomic E-state index is 12.0. The van der Waals surface area contributed by atoms with Crippen LogP contribution in [0.15, 0.2) is 54.9 Å². The number of hydrogen-bond donors (Lipinski definition) is 3. The standard InChI is InChI=1S/C14H16N4O2.C10H10O3/c1-15-13-7-12(17-9-18-13)14(19)16-8-10-4-3-5-11(6-10)20-2;1-7-6-8(4-5-11)2-3-9(7)10(12)13/h3-7,9H,8H2,1-2H3,(H,16,19)(H,15,17,18);2-3,5-6H,4H2,1H3,(H,12,13). The van der Waals surface area contributed by atoms with E-state index in [1.54, 1.807) is 39.3 Å². The summed E-state index contributed by atoms with van der Waals surface area (Å²) in [5.74, 6) is 0.185. The monoisotopic (exact) mass is 450 g/mol. The smallest absolute Gasteiger partial charge is 0.335 e. The Balaban J connectivity index is 0.000000257. The number of rotatable bonds is 8. The van der Waals surface area contributed by atoms with Gasteiger partial charge in [0.05, 0.1) is 12.7 Å². The van der Waals surface area contributed by atoms with E-state index in [0.717, 1.165) is 23.2 Å². The molecule has 0 bridgehead atoms. The number of aromatic nitrogens is 2. The predicted octanol–water partition coefficient (Wildman–Crippen LogP) is 2.89.